The van der Waals surface area contributed by atoms with Gasteiger partial charge in [0.25, 0.3) is 0 Å². The van der Waals surface area contributed by atoms with E-state index < -0.39 is 0 Å². The molecule has 0 radical (unpaired) electrons. The third-order valence-corrected chi connectivity index (χ3v) is 4.20. The molecule has 0 amide bonds. The number of imidazole rings is 1. The van der Waals surface area contributed by atoms with Crippen molar-refractivity contribution in [2.24, 2.45) is 4.99 Å². The lowest BCUT2D eigenvalue weighted by Crippen LogP contribution is -2.41. The van der Waals surface area contributed by atoms with E-state index in [1.165, 1.54) is 25.7 Å². The number of unbranched alkanes of at least 4 members (excludes halogenated alkanes) is 2. The van der Waals surface area contributed by atoms with E-state index in [0.717, 1.165) is 16.6 Å². The summed E-state index contributed by atoms with van der Waals surface area (Å²) in [4.78, 5) is 9.86. The van der Waals surface area contributed by atoms with Crippen molar-refractivity contribution in [2.45, 2.75) is 52.1 Å². The lowest BCUT2D eigenvalue weighted by atomic mass is 10.1. The zero-order valence-electron chi connectivity index (χ0n) is 13.5. The molecule has 0 bridgehead atoms. The van der Waals surface area contributed by atoms with Gasteiger partial charge in [0, 0.05) is 30.9 Å². The summed E-state index contributed by atoms with van der Waals surface area (Å²) in [5, 5.41) is 8.80. The average Bonchev–Trinajstić information content (AvgIpc) is 3.04. The van der Waals surface area contributed by atoms with Crippen LogP contribution in [0.4, 0.5) is 0 Å². The van der Waals surface area contributed by atoms with Crippen molar-refractivity contribution in [1.82, 2.24) is 20.0 Å². The second-order valence-electron chi connectivity index (χ2n) is 5.29. The third kappa shape index (κ3) is 5.75. The molecule has 0 aromatic carbocycles. The van der Waals surface area contributed by atoms with Crippen LogP contribution in [-0.2, 0) is 6.54 Å². The van der Waals surface area contributed by atoms with Gasteiger partial charge in [-0.05, 0) is 13.3 Å². The fourth-order valence-electron chi connectivity index (χ4n) is 2.24. The van der Waals surface area contributed by atoms with Gasteiger partial charge in [-0.1, -0.05) is 26.2 Å². The highest BCUT2D eigenvalue weighted by Crippen LogP contribution is 2.11. The lowest BCUT2D eigenvalue weighted by Gasteiger charge is -2.17. The van der Waals surface area contributed by atoms with Crippen molar-refractivity contribution in [1.29, 1.82) is 0 Å². The maximum absolute atomic E-state index is 4.56. The molecule has 2 aromatic rings. The molecule has 2 heterocycles. The van der Waals surface area contributed by atoms with Crippen LogP contribution in [0.15, 0.2) is 22.8 Å². The van der Waals surface area contributed by atoms with Crippen molar-refractivity contribution < 1.29 is 0 Å². The van der Waals surface area contributed by atoms with Crippen LogP contribution in [0, 0.1) is 0 Å². The van der Waals surface area contributed by atoms with Gasteiger partial charge in [0.1, 0.15) is 0 Å². The molecule has 0 saturated heterocycles. The van der Waals surface area contributed by atoms with Crippen LogP contribution in [-0.4, -0.2) is 28.4 Å². The Balaban J connectivity index is 0.00000242. The van der Waals surface area contributed by atoms with Gasteiger partial charge in [0.2, 0.25) is 0 Å². The van der Waals surface area contributed by atoms with Crippen LogP contribution in [0.1, 0.15) is 45.2 Å². The summed E-state index contributed by atoms with van der Waals surface area (Å²) in [5.74, 6) is 0.843. The van der Waals surface area contributed by atoms with E-state index in [9.17, 15) is 0 Å². The minimum absolute atomic E-state index is 0. The maximum atomic E-state index is 4.56. The molecular formula is C15H26IN5S. The van der Waals surface area contributed by atoms with Crippen molar-refractivity contribution in [3.8, 4) is 0 Å². The first kappa shape index (κ1) is 19.2. The number of nitrogens with zero attached hydrogens (tertiary/aromatic N) is 3. The number of fused-ring (bicyclic) bond motifs is 1. The fraction of sp³-hybridized carbons (Fsp3) is 0.600. The van der Waals surface area contributed by atoms with Gasteiger partial charge in [-0.2, -0.15) is 0 Å². The molecule has 7 heteroatoms. The Morgan fingerprint density at radius 2 is 2.27 bits per heavy atom. The predicted octanol–water partition coefficient (Wildman–Crippen LogP) is 3.65. The maximum Gasteiger partial charge on any atom is 0.193 e. The number of rotatable bonds is 7. The molecule has 1 atom stereocenters. The molecule has 22 heavy (non-hydrogen) atoms. The number of aliphatic imine (C=N–C) groups is 1. The van der Waals surface area contributed by atoms with Crippen LogP contribution in [0.5, 0.6) is 0 Å². The molecule has 1 unspecified atom stereocenters. The largest absolute Gasteiger partial charge is 0.354 e. The van der Waals surface area contributed by atoms with Gasteiger partial charge in [-0.3, -0.25) is 9.39 Å². The number of nitrogens with one attached hydrogen (secondary N) is 2. The van der Waals surface area contributed by atoms with Gasteiger partial charge >= 0.3 is 0 Å². The minimum atomic E-state index is 0. The molecular weight excluding hydrogens is 409 g/mol. The first-order chi connectivity index (χ1) is 10.2. The molecule has 2 N–H and O–H groups in total. The smallest absolute Gasteiger partial charge is 0.193 e. The Kier molecular flexibility index (Phi) is 8.77. The highest BCUT2D eigenvalue weighted by molar-refractivity contribution is 14.0. The molecule has 0 saturated carbocycles. The zero-order chi connectivity index (χ0) is 15.1. The van der Waals surface area contributed by atoms with Crippen LogP contribution in [0.2, 0.25) is 0 Å². The van der Waals surface area contributed by atoms with Gasteiger partial charge < -0.3 is 10.6 Å². The van der Waals surface area contributed by atoms with Crippen molar-refractivity contribution in [2.75, 3.05) is 7.05 Å². The van der Waals surface area contributed by atoms with Crippen LogP contribution >= 0.6 is 35.3 Å². The van der Waals surface area contributed by atoms with E-state index in [2.05, 4.69) is 40.7 Å². The highest BCUT2D eigenvalue weighted by atomic mass is 127. The molecule has 0 aliphatic heterocycles. The van der Waals surface area contributed by atoms with Gasteiger partial charge in [0.15, 0.2) is 10.9 Å². The first-order valence-electron chi connectivity index (χ1n) is 7.61. The summed E-state index contributed by atoms with van der Waals surface area (Å²) in [7, 11) is 1.81. The summed E-state index contributed by atoms with van der Waals surface area (Å²) in [6.45, 7) is 5.12. The van der Waals surface area contributed by atoms with E-state index in [0.29, 0.717) is 12.6 Å². The number of hydrogen-bond acceptors (Lipinski definition) is 3. The molecule has 124 valence electrons. The van der Waals surface area contributed by atoms with Gasteiger partial charge in [0.05, 0.1) is 12.2 Å². The molecule has 2 rings (SSSR count). The standard InChI is InChI=1S/C15H25N5S.HI/c1-4-5-6-7-12(2)18-14(16-3)17-10-13-11-20-8-9-21-15(20)19-13;/h8-9,11-12H,4-7,10H2,1-3H3,(H2,16,17,18);1H. The number of guanidine groups is 1. The minimum Gasteiger partial charge on any atom is -0.354 e. The molecule has 0 aliphatic carbocycles. The van der Waals surface area contributed by atoms with E-state index in [-0.39, 0.29) is 24.0 Å². The molecule has 0 fully saturated rings. The highest BCUT2D eigenvalue weighted by Gasteiger charge is 2.06. The van der Waals surface area contributed by atoms with Crippen LogP contribution in [0.3, 0.4) is 0 Å². The average molecular weight is 435 g/mol. The van der Waals surface area contributed by atoms with E-state index >= 15 is 0 Å². The number of aromatic nitrogens is 2. The predicted molar refractivity (Wildman–Crippen MR) is 105 cm³/mol. The quantitative estimate of drug-likeness (QED) is 0.302. The number of hydrogen-bond donors (Lipinski definition) is 2. The summed E-state index contributed by atoms with van der Waals surface area (Å²) in [6.07, 6.45) is 9.07. The third-order valence-electron chi connectivity index (χ3n) is 3.43. The van der Waals surface area contributed by atoms with Gasteiger partial charge in [-0.25, -0.2) is 4.98 Å². The Morgan fingerprint density at radius 1 is 1.45 bits per heavy atom. The van der Waals surface area contributed by atoms with E-state index in [1.807, 2.05) is 16.0 Å². The topological polar surface area (TPSA) is 53.7 Å². The number of halogens is 1. The summed E-state index contributed by atoms with van der Waals surface area (Å²) < 4.78 is 2.05. The molecule has 5 nitrogen and oxygen atoms in total. The van der Waals surface area contributed by atoms with Gasteiger partial charge in [-0.15, -0.1) is 35.3 Å². The lowest BCUT2D eigenvalue weighted by molar-refractivity contribution is 0.546. The van der Waals surface area contributed by atoms with Crippen molar-refractivity contribution >= 4 is 46.2 Å². The Bertz CT molecular complexity index is 549. The van der Waals surface area contributed by atoms with Crippen molar-refractivity contribution in [3.05, 3.63) is 23.5 Å². The second-order valence-corrected chi connectivity index (χ2v) is 6.17. The normalized spacial score (nSPS) is 13.0. The SMILES string of the molecule is CCCCCC(C)NC(=NC)NCc1cn2ccsc2n1.I. The summed E-state index contributed by atoms with van der Waals surface area (Å²) in [5.41, 5.74) is 1.03. The summed E-state index contributed by atoms with van der Waals surface area (Å²) in [6, 6.07) is 0.438. The molecule has 0 spiro atoms. The monoisotopic (exact) mass is 435 g/mol. The molecule has 2 aromatic heterocycles. The van der Waals surface area contributed by atoms with Crippen LogP contribution < -0.4 is 10.6 Å². The first-order valence-corrected chi connectivity index (χ1v) is 8.49. The Hall–Kier alpha value is -0.830. The molecule has 0 aliphatic rings. The second kappa shape index (κ2) is 10.0. The number of thiazole rings is 1. The Morgan fingerprint density at radius 3 is 2.95 bits per heavy atom. The van der Waals surface area contributed by atoms with Crippen molar-refractivity contribution in [3.63, 3.8) is 0 Å². The Labute approximate surface area is 153 Å². The fourth-order valence-corrected chi connectivity index (χ4v) is 2.96. The zero-order valence-corrected chi connectivity index (χ0v) is 16.6. The van der Waals surface area contributed by atoms with E-state index in [1.54, 1.807) is 18.4 Å². The summed E-state index contributed by atoms with van der Waals surface area (Å²) >= 11 is 1.65. The van der Waals surface area contributed by atoms with Crippen LogP contribution in [0.25, 0.3) is 4.96 Å². The van der Waals surface area contributed by atoms with E-state index in [4.69, 9.17) is 0 Å².